The number of primary amides is 1. The van der Waals surface area contributed by atoms with Crippen LogP contribution in [0.5, 0.6) is 0 Å². The fraction of sp³-hybridized carbons (Fsp3) is 0.529. The van der Waals surface area contributed by atoms with Gasteiger partial charge in [-0.3, -0.25) is 19.8 Å². The number of rotatable bonds is 7. The first-order valence-corrected chi connectivity index (χ1v) is 8.76. The summed E-state index contributed by atoms with van der Waals surface area (Å²) in [6, 6.07) is 6.76. The number of nitro groups is 1. The quantitative estimate of drug-likeness (QED) is 0.174. The summed E-state index contributed by atoms with van der Waals surface area (Å²) in [4.78, 5) is 28.0. The normalized spacial score (nSPS) is 15.7. The van der Waals surface area contributed by atoms with Crippen molar-refractivity contribution in [3.8, 4) is 0 Å². The Labute approximate surface area is 175 Å². The highest BCUT2D eigenvalue weighted by Gasteiger charge is 2.20. The van der Waals surface area contributed by atoms with Crippen LogP contribution in [0.1, 0.15) is 25.3 Å². The van der Waals surface area contributed by atoms with Crippen LogP contribution in [0.25, 0.3) is 0 Å². The Morgan fingerprint density at radius 1 is 1.41 bits per heavy atom. The van der Waals surface area contributed by atoms with E-state index in [0.29, 0.717) is 19.0 Å². The van der Waals surface area contributed by atoms with Crippen LogP contribution in [0.4, 0.5) is 5.69 Å². The summed E-state index contributed by atoms with van der Waals surface area (Å²) < 4.78 is 0. The molecule has 1 aromatic rings. The van der Waals surface area contributed by atoms with Gasteiger partial charge in [-0.15, -0.1) is 24.0 Å². The van der Waals surface area contributed by atoms with Crippen LogP contribution in [-0.2, 0) is 11.3 Å². The van der Waals surface area contributed by atoms with Gasteiger partial charge in [-0.1, -0.05) is 12.1 Å². The van der Waals surface area contributed by atoms with Crippen LogP contribution in [0.2, 0.25) is 0 Å². The summed E-state index contributed by atoms with van der Waals surface area (Å²) in [5.41, 5.74) is 6.09. The maximum Gasteiger partial charge on any atom is 0.269 e. The first-order valence-electron chi connectivity index (χ1n) is 8.76. The lowest BCUT2D eigenvalue weighted by molar-refractivity contribution is -0.384. The SMILES string of the molecule is CCNC(=NCc1cccc([N+](=O)[O-])c1)NC1CCN(CC(N)=O)CC1.I. The second-order valence-electron chi connectivity index (χ2n) is 6.28. The van der Waals surface area contributed by atoms with Crippen LogP contribution >= 0.6 is 24.0 Å². The number of halogens is 1. The molecule has 0 aromatic heterocycles. The van der Waals surface area contributed by atoms with E-state index in [0.717, 1.165) is 38.0 Å². The zero-order valence-electron chi connectivity index (χ0n) is 15.4. The van der Waals surface area contributed by atoms with Crippen molar-refractivity contribution in [2.24, 2.45) is 10.7 Å². The number of piperidine rings is 1. The van der Waals surface area contributed by atoms with E-state index in [9.17, 15) is 14.9 Å². The van der Waals surface area contributed by atoms with Crippen LogP contribution in [0, 0.1) is 10.1 Å². The predicted molar refractivity (Wildman–Crippen MR) is 115 cm³/mol. The van der Waals surface area contributed by atoms with Crippen LogP contribution < -0.4 is 16.4 Å². The van der Waals surface area contributed by atoms with Gasteiger partial charge in [-0.05, 0) is 25.3 Å². The monoisotopic (exact) mass is 490 g/mol. The smallest absolute Gasteiger partial charge is 0.269 e. The lowest BCUT2D eigenvalue weighted by Gasteiger charge is -2.32. The highest BCUT2D eigenvalue weighted by molar-refractivity contribution is 14.0. The second kappa shape index (κ2) is 11.7. The molecule has 1 aliphatic heterocycles. The molecule has 1 heterocycles. The van der Waals surface area contributed by atoms with Crippen molar-refractivity contribution < 1.29 is 9.72 Å². The van der Waals surface area contributed by atoms with Crippen molar-refractivity contribution in [1.29, 1.82) is 0 Å². The first-order chi connectivity index (χ1) is 12.5. The summed E-state index contributed by atoms with van der Waals surface area (Å²) in [5, 5.41) is 17.5. The summed E-state index contributed by atoms with van der Waals surface area (Å²) >= 11 is 0. The first kappa shape index (κ1) is 23.1. The molecule has 27 heavy (non-hydrogen) atoms. The number of amides is 1. The van der Waals surface area contributed by atoms with Gasteiger partial charge in [-0.2, -0.15) is 0 Å². The van der Waals surface area contributed by atoms with Gasteiger partial charge in [0.05, 0.1) is 18.0 Å². The Balaban J connectivity index is 0.00000364. The Morgan fingerprint density at radius 3 is 2.70 bits per heavy atom. The van der Waals surface area contributed by atoms with Gasteiger partial charge in [0.2, 0.25) is 5.91 Å². The van der Waals surface area contributed by atoms with Gasteiger partial charge in [0.15, 0.2) is 5.96 Å². The maximum atomic E-state index is 11.0. The summed E-state index contributed by atoms with van der Waals surface area (Å²) in [6.07, 6.45) is 1.79. The van der Waals surface area contributed by atoms with E-state index < -0.39 is 4.92 Å². The number of carbonyl (C=O) groups excluding carboxylic acids is 1. The molecule has 0 bridgehead atoms. The third kappa shape index (κ3) is 8.08. The molecular weight excluding hydrogens is 463 g/mol. The van der Waals surface area contributed by atoms with Crippen molar-refractivity contribution in [3.05, 3.63) is 39.9 Å². The summed E-state index contributed by atoms with van der Waals surface area (Å²) in [5.74, 6) is 0.385. The third-order valence-electron chi connectivity index (χ3n) is 4.19. The number of aliphatic imine (C=N–C) groups is 1. The van der Waals surface area contributed by atoms with Crippen molar-refractivity contribution in [2.45, 2.75) is 32.4 Å². The molecule has 1 fully saturated rings. The van der Waals surface area contributed by atoms with Crippen molar-refractivity contribution in [1.82, 2.24) is 15.5 Å². The number of nitrogens with one attached hydrogen (secondary N) is 2. The Morgan fingerprint density at radius 2 is 2.11 bits per heavy atom. The maximum absolute atomic E-state index is 11.0. The number of nitrogens with two attached hydrogens (primary N) is 1. The zero-order chi connectivity index (χ0) is 18.9. The van der Waals surface area contributed by atoms with Crippen LogP contribution in [0.15, 0.2) is 29.3 Å². The summed E-state index contributed by atoms with van der Waals surface area (Å²) in [7, 11) is 0. The van der Waals surface area contributed by atoms with Gasteiger partial charge in [0, 0.05) is 37.8 Å². The largest absolute Gasteiger partial charge is 0.369 e. The minimum absolute atomic E-state index is 0. The number of hydrogen-bond donors (Lipinski definition) is 3. The molecule has 0 atom stereocenters. The van der Waals surface area contributed by atoms with Gasteiger partial charge in [-0.25, -0.2) is 4.99 Å². The molecule has 0 unspecified atom stereocenters. The van der Waals surface area contributed by atoms with Crippen molar-refractivity contribution in [2.75, 3.05) is 26.2 Å². The highest BCUT2D eigenvalue weighted by atomic mass is 127. The van der Waals surface area contributed by atoms with E-state index >= 15 is 0 Å². The minimum atomic E-state index is -0.406. The summed E-state index contributed by atoms with van der Waals surface area (Å²) in [6.45, 7) is 4.99. The van der Waals surface area contributed by atoms with E-state index in [4.69, 9.17) is 5.73 Å². The molecule has 0 saturated carbocycles. The number of nitrogens with zero attached hydrogens (tertiary/aromatic N) is 3. The standard InChI is InChI=1S/C17H26N6O3.HI/c1-2-19-17(20-11-13-4-3-5-15(10-13)23(25)26)21-14-6-8-22(9-7-14)12-16(18)24;/h3-5,10,14H,2,6-9,11-12H2,1H3,(H2,18,24)(H2,19,20,21);1H. The molecule has 2 rings (SSSR count). The van der Waals surface area contributed by atoms with Gasteiger partial charge in [0.25, 0.3) is 5.69 Å². The minimum Gasteiger partial charge on any atom is -0.369 e. The third-order valence-corrected chi connectivity index (χ3v) is 4.19. The molecule has 1 aliphatic rings. The Kier molecular flexibility index (Phi) is 10.0. The van der Waals surface area contributed by atoms with Crippen molar-refractivity contribution in [3.63, 3.8) is 0 Å². The van der Waals surface area contributed by atoms with Crippen LogP contribution in [-0.4, -0.2) is 53.9 Å². The topological polar surface area (TPSA) is 126 Å². The van der Waals surface area contributed by atoms with Gasteiger partial charge >= 0.3 is 0 Å². The van der Waals surface area contributed by atoms with Gasteiger partial charge in [0.1, 0.15) is 0 Å². The van der Waals surface area contributed by atoms with E-state index in [-0.39, 0.29) is 41.6 Å². The fourth-order valence-corrected chi connectivity index (χ4v) is 2.91. The lowest BCUT2D eigenvalue weighted by atomic mass is 10.1. The van der Waals surface area contributed by atoms with Crippen molar-refractivity contribution >= 4 is 41.5 Å². The zero-order valence-corrected chi connectivity index (χ0v) is 17.7. The van der Waals surface area contributed by atoms with Gasteiger partial charge < -0.3 is 16.4 Å². The molecule has 150 valence electrons. The molecule has 10 heteroatoms. The molecule has 1 aromatic carbocycles. The average Bonchev–Trinajstić information content (AvgIpc) is 2.61. The molecule has 4 N–H and O–H groups in total. The molecule has 1 saturated heterocycles. The predicted octanol–water partition coefficient (Wildman–Crippen LogP) is 1.22. The second-order valence-corrected chi connectivity index (χ2v) is 6.28. The number of non-ortho nitro benzene ring substituents is 1. The Bertz CT molecular complexity index is 662. The number of hydrogen-bond acceptors (Lipinski definition) is 5. The average molecular weight is 490 g/mol. The number of benzene rings is 1. The lowest BCUT2D eigenvalue weighted by Crippen LogP contribution is -2.49. The Hall–Kier alpha value is -1.95. The molecule has 0 spiro atoms. The fourth-order valence-electron chi connectivity index (χ4n) is 2.91. The molecule has 0 aliphatic carbocycles. The number of likely N-dealkylation sites (tertiary alicyclic amines) is 1. The van der Waals surface area contributed by atoms with E-state index in [1.807, 2.05) is 17.9 Å². The van der Waals surface area contributed by atoms with E-state index in [2.05, 4.69) is 15.6 Å². The number of guanidine groups is 1. The molecule has 1 amide bonds. The van der Waals surface area contributed by atoms with Crippen LogP contribution in [0.3, 0.4) is 0 Å². The molecular formula is C17H27IN6O3. The number of carbonyl (C=O) groups is 1. The molecule has 0 radical (unpaired) electrons. The van der Waals surface area contributed by atoms with E-state index in [1.54, 1.807) is 6.07 Å². The van der Waals surface area contributed by atoms with E-state index in [1.165, 1.54) is 12.1 Å². The number of nitro benzene ring substituents is 1. The highest BCUT2D eigenvalue weighted by Crippen LogP contribution is 2.14. The molecule has 9 nitrogen and oxygen atoms in total.